The molecule has 1 atom stereocenters. The van der Waals surface area contributed by atoms with E-state index in [4.69, 9.17) is 10.2 Å². The quantitative estimate of drug-likeness (QED) is 0.845. The number of hydrogen-bond acceptors (Lipinski definition) is 4. The maximum atomic E-state index is 5.86. The van der Waals surface area contributed by atoms with E-state index >= 15 is 0 Å². The highest BCUT2D eigenvalue weighted by Crippen LogP contribution is 2.37. The number of nitrogens with two attached hydrogens (primary N) is 1. The molecule has 3 rings (SSSR count). The average Bonchev–Trinajstić information content (AvgIpc) is 2.75. The largest absolute Gasteiger partial charge is 0.443 e. The van der Waals surface area contributed by atoms with Gasteiger partial charge in [0.15, 0.2) is 12.0 Å². The number of benzene rings is 1. The Morgan fingerprint density at radius 3 is 3.00 bits per heavy atom. The molecular formula is C13H17N3O. The summed E-state index contributed by atoms with van der Waals surface area (Å²) in [5.41, 5.74) is 8.88. The van der Waals surface area contributed by atoms with E-state index in [0.717, 1.165) is 23.9 Å². The highest BCUT2D eigenvalue weighted by atomic mass is 16.3. The number of oxazole rings is 1. The Kier molecular flexibility index (Phi) is 2.61. The lowest BCUT2D eigenvalue weighted by Crippen LogP contribution is -2.42. The molecule has 2 aromatic rings. The van der Waals surface area contributed by atoms with Gasteiger partial charge < -0.3 is 15.5 Å². The van der Waals surface area contributed by atoms with Crippen LogP contribution in [0.25, 0.3) is 11.1 Å². The third kappa shape index (κ3) is 1.83. The zero-order chi connectivity index (χ0) is 11.8. The number of nitrogens with zero attached hydrogens (tertiary/aromatic N) is 1. The standard InChI is InChI=1S/C13H17N3O/c1-15-13(9-4-10(14)5-9)8-2-3-11-12(6-8)17-7-16-11/h2-3,6-7,9-10,13,15H,4-5,14H2,1H3. The lowest BCUT2D eigenvalue weighted by molar-refractivity contribution is 0.204. The summed E-state index contributed by atoms with van der Waals surface area (Å²) < 4.78 is 5.34. The van der Waals surface area contributed by atoms with E-state index < -0.39 is 0 Å². The summed E-state index contributed by atoms with van der Waals surface area (Å²) in [7, 11) is 2.00. The molecule has 0 amide bonds. The zero-order valence-electron chi connectivity index (χ0n) is 9.89. The Hall–Kier alpha value is -1.39. The molecule has 4 nitrogen and oxygen atoms in total. The minimum absolute atomic E-state index is 0.365. The lowest BCUT2D eigenvalue weighted by atomic mass is 9.74. The van der Waals surface area contributed by atoms with Crippen molar-refractivity contribution in [1.82, 2.24) is 10.3 Å². The van der Waals surface area contributed by atoms with Gasteiger partial charge in [-0.25, -0.2) is 4.98 Å². The van der Waals surface area contributed by atoms with Crippen molar-refractivity contribution in [3.05, 3.63) is 30.2 Å². The Morgan fingerprint density at radius 2 is 2.29 bits per heavy atom. The van der Waals surface area contributed by atoms with Gasteiger partial charge in [-0.05, 0) is 43.5 Å². The van der Waals surface area contributed by atoms with E-state index in [9.17, 15) is 0 Å². The number of aromatic nitrogens is 1. The van der Waals surface area contributed by atoms with E-state index in [1.165, 1.54) is 12.0 Å². The van der Waals surface area contributed by atoms with E-state index in [1.807, 2.05) is 13.1 Å². The molecule has 3 N–H and O–H groups in total. The summed E-state index contributed by atoms with van der Waals surface area (Å²) >= 11 is 0. The van der Waals surface area contributed by atoms with Crippen LogP contribution in [-0.2, 0) is 0 Å². The number of hydrogen-bond donors (Lipinski definition) is 2. The second kappa shape index (κ2) is 4.13. The number of nitrogens with one attached hydrogen (secondary N) is 1. The van der Waals surface area contributed by atoms with Gasteiger partial charge in [0.25, 0.3) is 0 Å². The van der Waals surface area contributed by atoms with E-state index in [2.05, 4.69) is 22.4 Å². The average molecular weight is 231 g/mol. The molecule has 1 fully saturated rings. The minimum atomic E-state index is 0.365. The van der Waals surface area contributed by atoms with Crippen molar-refractivity contribution in [2.24, 2.45) is 11.7 Å². The fourth-order valence-corrected chi connectivity index (χ4v) is 2.72. The van der Waals surface area contributed by atoms with Gasteiger partial charge in [-0.1, -0.05) is 6.07 Å². The van der Waals surface area contributed by atoms with Crippen LogP contribution in [0.1, 0.15) is 24.4 Å². The Labute approximate surface area is 100 Å². The van der Waals surface area contributed by atoms with Gasteiger partial charge in [-0.15, -0.1) is 0 Å². The van der Waals surface area contributed by atoms with Gasteiger partial charge in [0.1, 0.15) is 5.52 Å². The Balaban J connectivity index is 1.89. The maximum Gasteiger partial charge on any atom is 0.181 e. The first-order valence-corrected chi connectivity index (χ1v) is 6.04. The van der Waals surface area contributed by atoms with Crippen molar-refractivity contribution in [2.45, 2.75) is 24.9 Å². The normalized spacial score (nSPS) is 25.8. The third-order valence-electron chi connectivity index (χ3n) is 3.71. The zero-order valence-corrected chi connectivity index (χ0v) is 9.89. The number of rotatable bonds is 3. The molecule has 0 spiro atoms. The molecule has 1 aromatic carbocycles. The molecule has 1 aliphatic carbocycles. The molecule has 0 aliphatic heterocycles. The van der Waals surface area contributed by atoms with Crippen molar-refractivity contribution in [1.29, 1.82) is 0 Å². The molecule has 17 heavy (non-hydrogen) atoms. The van der Waals surface area contributed by atoms with Gasteiger partial charge in [0.05, 0.1) is 0 Å². The molecular weight excluding hydrogens is 214 g/mol. The van der Waals surface area contributed by atoms with Crippen molar-refractivity contribution < 1.29 is 4.42 Å². The van der Waals surface area contributed by atoms with Crippen LogP contribution in [0.2, 0.25) is 0 Å². The van der Waals surface area contributed by atoms with Gasteiger partial charge in [0, 0.05) is 12.1 Å². The topological polar surface area (TPSA) is 64.1 Å². The molecule has 0 saturated heterocycles. The first kappa shape index (κ1) is 10.7. The van der Waals surface area contributed by atoms with Gasteiger partial charge >= 0.3 is 0 Å². The van der Waals surface area contributed by atoms with Crippen LogP contribution >= 0.6 is 0 Å². The molecule has 4 heteroatoms. The molecule has 90 valence electrons. The molecule has 1 aliphatic rings. The van der Waals surface area contributed by atoms with Crippen molar-refractivity contribution >= 4 is 11.1 Å². The summed E-state index contributed by atoms with van der Waals surface area (Å²) in [6.07, 6.45) is 3.68. The van der Waals surface area contributed by atoms with Crippen LogP contribution in [0.5, 0.6) is 0 Å². The van der Waals surface area contributed by atoms with Gasteiger partial charge in [-0.2, -0.15) is 0 Å². The predicted octanol–water partition coefficient (Wildman–Crippen LogP) is 1.83. The lowest BCUT2D eigenvalue weighted by Gasteiger charge is -2.38. The first-order valence-electron chi connectivity index (χ1n) is 6.04. The maximum absolute atomic E-state index is 5.86. The summed E-state index contributed by atoms with van der Waals surface area (Å²) in [5.74, 6) is 0.635. The first-order chi connectivity index (χ1) is 8.28. The minimum Gasteiger partial charge on any atom is -0.443 e. The van der Waals surface area contributed by atoms with Gasteiger partial charge in [0.2, 0.25) is 0 Å². The Morgan fingerprint density at radius 1 is 1.47 bits per heavy atom. The van der Waals surface area contributed by atoms with Crippen LogP contribution in [0.15, 0.2) is 29.0 Å². The van der Waals surface area contributed by atoms with Crippen LogP contribution in [0.4, 0.5) is 0 Å². The van der Waals surface area contributed by atoms with Crippen molar-refractivity contribution in [3.8, 4) is 0 Å². The monoisotopic (exact) mass is 231 g/mol. The predicted molar refractivity (Wildman–Crippen MR) is 66.5 cm³/mol. The molecule has 0 bridgehead atoms. The smallest absolute Gasteiger partial charge is 0.181 e. The van der Waals surface area contributed by atoms with Crippen molar-refractivity contribution in [2.75, 3.05) is 7.05 Å². The fraction of sp³-hybridized carbons (Fsp3) is 0.462. The summed E-state index contributed by atoms with van der Waals surface area (Å²) in [6, 6.07) is 6.95. The molecule has 1 aromatic heterocycles. The van der Waals surface area contributed by atoms with Crippen LogP contribution < -0.4 is 11.1 Å². The molecule has 1 unspecified atom stereocenters. The number of fused-ring (bicyclic) bond motifs is 1. The van der Waals surface area contributed by atoms with E-state index in [0.29, 0.717) is 18.0 Å². The Bertz CT molecular complexity index is 516. The van der Waals surface area contributed by atoms with Crippen molar-refractivity contribution in [3.63, 3.8) is 0 Å². The van der Waals surface area contributed by atoms with Gasteiger partial charge in [-0.3, -0.25) is 0 Å². The second-order valence-electron chi connectivity index (χ2n) is 4.84. The van der Waals surface area contributed by atoms with Crippen LogP contribution in [0, 0.1) is 5.92 Å². The van der Waals surface area contributed by atoms with Crippen LogP contribution in [0.3, 0.4) is 0 Å². The molecule has 1 heterocycles. The van der Waals surface area contributed by atoms with E-state index in [1.54, 1.807) is 0 Å². The van der Waals surface area contributed by atoms with Crippen LogP contribution in [-0.4, -0.2) is 18.1 Å². The summed E-state index contributed by atoms with van der Waals surface area (Å²) in [5, 5.41) is 3.38. The third-order valence-corrected chi connectivity index (χ3v) is 3.71. The van der Waals surface area contributed by atoms with E-state index in [-0.39, 0.29) is 0 Å². The highest BCUT2D eigenvalue weighted by molar-refractivity contribution is 5.72. The fourth-order valence-electron chi connectivity index (χ4n) is 2.72. The summed E-state index contributed by atoms with van der Waals surface area (Å²) in [4.78, 5) is 4.13. The highest BCUT2D eigenvalue weighted by Gasteiger charge is 2.33. The summed E-state index contributed by atoms with van der Waals surface area (Å²) in [6.45, 7) is 0. The SMILES string of the molecule is CNC(c1ccc2ncoc2c1)C1CC(N)C1. The molecule has 0 radical (unpaired) electrons. The molecule has 1 saturated carbocycles. The second-order valence-corrected chi connectivity index (χ2v) is 4.84.